The van der Waals surface area contributed by atoms with Crippen LogP contribution in [0.5, 0.6) is 5.75 Å². The van der Waals surface area contributed by atoms with Crippen LogP contribution in [0.3, 0.4) is 0 Å². The highest BCUT2D eigenvalue weighted by atomic mass is 16.5. The molecule has 0 aliphatic heterocycles. The van der Waals surface area contributed by atoms with Crippen LogP contribution in [0.1, 0.15) is 29.6 Å². The van der Waals surface area contributed by atoms with Gasteiger partial charge in [-0.15, -0.1) is 0 Å². The van der Waals surface area contributed by atoms with Crippen molar-refractivity contribution in [3.63, 3.8) is 0 Å². The molecule has 0 fully saturated rings. The summed E-state index contributed by atoms with van der Waals surface area (Å²) in [5.41, 5.74) is 1.01. The summed E-state index contributed by atoms with van der Waals surface area (Å²) in [5, 5.41) is 19.6. The molecule has 0 unspecified atom stereocenters. The largest absolute Gasteiger partial charge is 0.486 e. The highest BCUT2D eigenvalue weighted by molar-refractivity contribution is 5.92. The second-order valence-corrected chi connectivity index (χ2v) is 5.56. The third kappa shape index (κ3) is 4.25. The predicted molar refractivity (Wildman–Crippen MR) is 90.8 cm³/mol. The van der Waals surface area contributed by atoms with Crippen molar-refractivity contribution >= 4 is 5.91 Å². The molecule has 0 radical (unpaired) electrons. The number of aliphatic hydroxyl groups excluding tert-OH is 1. The molecule has 0 aliphatic rings. The fraction of sp³-hybridized carbons (Fsp3) is 0.294. The summed E-state index contributed by atoms with van der Waals surface area (Å²) in [4.78, 5) is 15.9. The normalized spacial score (nSPS) is 11.9. The Morgan fingerprint density at radius 2 is 2.19 bits per heavy atom. The van der Waals surface area contributed by atoms with E-state index < -0.39 is 5.91 Å². The van der Waals surface area contributed by atoms with Gasteiger partial charge >= 0.3 is 0 Å². The highest BCUT2D eigenvalue weighted by Crippen LogP contribution is 2.16. The molecule has 2 heterocycles. The van der Waals surface area contributed by atoms with Crippen molar-refractivity contribution in [2.24, 2.45) is 0 Å². The van der Waals surface area contributed by atoms with E-state index in [1.54, 1.807) is 23.1 Å². The maximum atomic E-state index is 12.0. The zero-order chi connectivity index (χ0) is 18.4. The summed E-state index contributed by atoms with van der Waals surface area (Å²) in [5.74, 6) is 0.674. The van der Waals surface area contributed by atoms with E-state index >= 15 is 0 Å². The SMILES string of the molecule is CC[C@@H](CO)NC(=O)c1cc(COc2ccc(-n3cncn3)cc2)on1. The number of aliphatic hydroxyl groups is 1. The Hall–Kier alpha value is -3.20. The number of hydrogen-bond donors (Lipinski definition) is 2. The fourth-order valence-corrected chi connectivity index (χ4v) is 2.22. The van der Waals surface area contributed by atoms with Gasteiger partial charge in [0.2, 0.25) is 0 Å². The molecule has 2 aromatic heterocycles. The first-order valence-electron chi connectivity index (χ1n) is 8.14. The molecule has 3 rings (SSSR count). The van der Waals surface area contributed by atoms with E-state index in [2.05, 4.69) is 20.6 Å². The van der Waals surface area contributed by atoms with Gasteiger partial charge in [0.1, 0.15) is 25.0 Å². The van der Waals surface area contributed by atoms with E-state index in [4.69, 9.17) is 14.4 Å². The number of ether oxygens (including phenoxy) is 1. The van der Waals surface area contributed by atoms with E-state index in [9.17, 15) is 4.79 Å². The first kappa shape index (κ1) is 17.6. The van der Waals surface area contributed by atoms with Crippen molar-refractivity contribution in [3.8, 4) is 11.4 Å². The minimum atomic E-state index is -0.391. The molecule has 3 aromatic rings. The third-order valence-corrected chi connectivity index (χ3v) is 3.74. The minimum absolute atomic E-state index is 0.124. The quantitative estimate of drug-likeness (QED) is 0.625. The zero-order valence-corrected chi connectivity index (χ0v) is 14.2. The molecule has 1 atom stereocenters. The number of benzene rings is 1. The summed E-state index contributed by atoms with van der Waals surface area (Å²) >= 11 is 0. The van der Waals surface area contributed by atoms with E-state index in [0.29, 0.717) is 17.9 Å². The van der Waals surface area contributed by atoms with Crippen LogP contribution >= 0.6 is 0 Å². The van der Waals surface area contributed by atoms with Crippen LogP contribution in [-0.2, 0) is 6.61 Å². The van der Waals surface area contributed by atoms with Gasteiger partial charge in [-0.2, -0.15) is 5.10 Å². The number of hydrogen-bond acceptors (Lipinski definition) is 7. The van der Waals surface area contributed by atoms with Gasteiger partial charge in [0, 0.05) is 6.07 Å². The van der Waals surface area contributed by atoms with Crippen molar-refractivity contribution in [2.75, 3.05) is 6.61 Å². The molecule has 0 saturated heterocycles. The van der Waals surface area contributed by atoms with Crippen molar-refractivity contribution in [1.29, 1.82) is 0 Å². The Kier molecular flexibility index (Phi) is 5.59. The van der Waals surface area contributed by atoms with Crippen LogP contribution in [0.2, 0.25) is 0 Å². The van der Waals surface area contributed by atoms with Crippen molar-refractivity contribution in [1.82, 2.24) is 25.2 Å². The molecular formula is C17H19N5O4. The first-order valence-corrected chi connectivity index (χ1v) is 8.14. The van der Waals surface area contributed by atoms with Crippen LogP contribution in [-0.4, -0.2) is 43.6 Å². The summed E-state index contributed by atoms with van der Waals surface area (Å²) in [7, 11) is 0. The van der Waals surface area contributed by atoms with Gasteiger partial charge in [-0.1, -0.05) is 12.1 Å². The second-order valence-electron chi connectivity index (χ2n) is 5.56. The minimum Gasteiger partial charge on any atom is -0.486 e. The summed E-state index contributed by atoms with van der Waals surface area (Å²) < 4.78 is 12.4. The number of nitrogens with one attached hydrogen (secondary N) is 1. The molecule has 0 saturated carbocycles. The lowest BCUT2D eigenvalue weighted by molar-refractivity contribution is 0.0905. The Morgan fingerprint density at radius 3 is 2.85 bits per heavy atom. The number of nitrogens with zero attached hydrogens (tertiary/aromatic N) is 4. The van der Waals surface area contributed by atoms with Crippen LogP contribution < -0.4 is 10.1 Å². The van der Waals surface area contributed by atoms with Gasteiger partial charge in [0.25, 0.3) is 5.91 Å². The fourth-order valence-electron chi connectivity index (χ4n) is 2.22. The Bertz CT molecular complexity index is 825. The van der Waals surface area contributed by atoms with E-state index in [1.165, 1.54) is 12.4 Å². The Morgan fingerprint density at radius 1 is 1.38 bits per heavy atom. The number of aromatic nitrogens is 4. The molecule has 9 nitrogen and oxygen atoms in total. The van der Waals surface area contributed by atoms with Gasteiger partial charge in [-0.3, -0.25) is 4.79 Å². The highest BCUT2D eigenvalue weighted by Gasteiger charge is 2.16. The molecule has 0 spiro atoms. The van der Waals surface area contributed by atoms with Crippen LogP contribution in [0, 0.1) is 0 Å². The molecule has 136 valence electrons. The Balaban J connectivity index is 1.55. The molecule has 9 heteroatoms. The number of carbonyl (C=O) groups excluding carboxylic acids is 1. The molecule has 0 bridgehead atoms. The topological polar surface area (TPSA) is 115 Å². The lowest BCUT2D eigenvalue weighted by Crippen LogP contribution is -2.37. The molecule has 2 N–H and O–H groups in total. The van der Waals surface area contributed by atoms with Gasteiger partial charge in [-0.05, 0) is 30.7 Å². The van der Waals surface area contributed by atoms with Gasteiger partial charge in [0.05, 0.1) is 18.3 Å². The van der Waals surface area contributed by atoms with E-state index in [-0.39, 0.29) is 24.9 Å². The smallest absolute Gasteiger partial charge is 0.273 e. The van der Waals surface area contributed by atoms with E-state index in [1.807, 2.05) is 19.1 Å². The monoisotopic (exact) mass is 357 g/mol. The molecule has 1 amide bonds. The number of carbonyl (C=O) groups is 1. The lowest BCUT2D eigenvalue weighted by Gasteiger charge is -2.12. The van der Waals surface area contributed by atoms with Crippen LogP contribution in [0.15, 0.2) is 47.5 Å². The molecule has 0 aliphatic carbocycles. The third-order valence-electron chi connectivity index (χ3n) is 3.74. The molecule has 1 aromatic carbocycles. The Labute approximate surface area is 149 Å². The van der Waals surface area contributed by atoms with Crippen molar-refractivity contribution < 1.29 is 19.2 Å². The maximum absolute atomic E-state index is 12.0. The number of rotatable bonds is 8. The van der Waals surface area contributed by atoms with Gasteiger partial charge in [-0.25, -0.2) is 9.67 Å². The number of amides is 1. The second kappa shape index (κ2) is 8.26. The molecule has 26 heavy (non-hydrogen) atoms. The lowest BCUT2D eigenvalue weighted by atomic mass is 10.2. The first-order chi connectivity index (χ1) is 12.7. The van der Waals surface area contributed by atoms with Crippen molar-refractivity contribution in [2.45, 2.75) is 26.0 Å². The summed E-state index contributed by atoms with van der Waals surface area (Å²) in [6.45, 7) is 1.89. The average molecular weight is 357 g/mol. The van der Waals surface area contributed by atoms with Gasteiger partial charge < -0.3 is 19.7 Å². The van der Waals surface area contributed by atoms with Gasteiger partial charge in [0.15, 0.2) is 11.5 Å². The zero-order valence-electron chi connectivity index (χ0n) is 14.2. The van der Waals surface area contributed by atoms with Crippen LogP contribution in [0.4, 0.5) is 0 Å². The molecular weight excluding hydrogens is 338 g/mol. The summed E-state index contributed by atoms with van der Waals surface area (Å²) in [6.07, 6.45) is 3.70. The van der Waals surface area contributed by atoms with E-state index in [0.717, 1.165) is 5.69 Å². The van der Waals surface area contributed by atoms with Crippen LogP contribution in [0.25, 0.3) is 5.69 Å². The van der Waals surface area contributed by atoms with Crippen molar-refractivity contribution in [3.05, 3.63) is 54.4 Å². The standard InChI is InChI=1S/C17H19N5O4/c1-2-12(8-23)20-17(24)16-7-15(26-21-16)9-25-14-5-3-13(4-6-14)22-11-18-10-19-22/h3-7,10-12,23H,2,8-9H2,1H3,(H,20,24)/t12-/m0/s1. The average Bonchev–Trinajstić information content (AvgIpc) is 3.36. The maximum Gasteiger partial charge on any atom is 0.273 e. The predicted octanol–water partition coefficient (Wildman–Crippen LogP) is 1.33. The summed E-state index contributed by atoms with van der Waals surface area (Å²) in [6, 6.07) is 8.51.